The summed E-state index contributed by atoms with van der Waals surface area (Å²) in [5.74, 6) is 0.823. The second-order valence-corrected chi connectivity index (χ2v) is 6.45. The van der Waals surface area contributed by atoms with E-state index in [9.17, 15) is 4.79 Å². The third kappa shape index (κ3) is 7.91. The third-order valence-electron chi connectivity index (χ3n) is 3.92. The van der Waals surface area contributed by atoms with Gasteiger partial charge in [0.05, 0.1) is 6.42 Å². The van der Waals surface area contributed by atoms with E-state index in [-0.39, 0.29) is 30.7 Å². The summed E-state index contributed by atoms with van der Waals surface area (Å²) in [6.45, 7) is 7.84. The molecule has 132 valence electrons. The zero-order chi connectivity index (χ0) is 15.2. The molecule has 2 rings (SSSR count). The summed E-state index contributed by atoms with van der Waals surface area (Å²) in [6.07, 6.45) is 2.55. The number of hydrogen-bond acceptors (Lipinski definition) is 3. The first-order valence-electron chi connectivity index (χ1n) is 7.89. The molecule has 1 aliphatic rings. The lowest BCUT2D eigenvalue weighted by Crippen LogP contribution is -2.45. The number of nitrogen functional groups attached to an aromatic ring is 1. The van der Waals surface area contributed by atoms with Gasteiger partial charge in [-0.3, -0.25) is 4.79 Å². The molecule has 1 aromatic rings. The molecule has 0 aliphatic carbocycles. The maximum Gasteiger partial charge on any atom is 0.224 e. The van der Waals surface area contributed by atoms with Crippen LogP contribution in [0.4, 0.5) is 5.69 Å². The molecule has 0 saturated carbocycles. The topological polar surface area (TPSA) is 58.4 Å². The Balaban J connectivity index is 0.00000242. The van der Waals surface area contributed by atoms with Crippen molar-refractivity contribution in [3.8, 4) is 0 Å². The van der Waals surface area contributed by atoms with Crippen molar-refractivity contribution in [3.05, 3.63) is 29.8 Å². The van der Waals surface area contributed by atoms with E-state index < -0.39 is 0 Å². The Kier molecular flexibility index (Phi) is 10.3. The van der Waals surface area contributed by atoms with Crippen LogP contribution in [-0.2, 0) is 11.2 Å². The van der Waals surface area contributed by atoms with Crippen LogP contribution in [0.3, 0.4) is 0 Å². The minimum absolute atomic E-state index is 0. The quantitative estimate of drug-likeness (QED) is 0.792. The first-order chi connectivity index (χ1) is 10.0. The smallest absolute Gasteiger partial charge is 0.224 e. The molecule has 0 bridgehead atoms. The van der Waals surface area contributed by atoms with Crippen LogP contribution in [0.2, 0.25) is 0 Å². The summed E-state index contributed by atoms with van der Waals surface area (Å²) in [5, 5.41) is 3.16. The molecule has 6 heteroatoms. The number of carbonyl (C=O) groups is 1. The molecule has 1 aromatic carbocycles. The third-order valence-corrected chi connectivity index (χ3v) is 3.92. The molecule has 1 fully saturated rings. The molecule has 1 saturated heterocycles. The molecule has 1 aliphatic heterocycles. The lowest BCUT2D eigenvalue weighted by Gasteiger charge is -2.33. The highest BCUT2D eigenvalue weighted by atomic mass is 35.5. The van der Waals surface area contributed by atoms with Crippen molar-refractivity contribution in [2.24, 2.45) is 5.92 Å². The van der Waals surface area contributed by atoms with Crippen LogP contribution in [0.15, 0.2) is 24.3 Å². The highest BCUT2D eigenvalue weighted by Crippen LogP contribution is 2.13. The van der Waals surface area contributed by atoms with Gasteiger partial charge in [0, 0.05) is 31.4 Å². The summed E-state index contributed by atoms with van der Waals surface area (Å²) in [5.41, 5.74) is 7.39. The number of nitrogens with one attached hydrogen (secondary N) is 1. The molecule has 1 amide bonds. The lowest BCUT2D eigenvalue weighted by molar-refractivity contribution is -0.121. The Morgan fingerprint density at radius 2 is 1.78 bits per heavy atom. The molecule has 4 nitrogen and oxygen atoms in total. The van der Waals surface area contributed by atoms with Crippen molar-refractivity contribution in [2.45, 2.75) is 39.2 Å². The molecule has 0 spiro atoms. The zero-order valence-electron chi connectivity index (χ0n) is 14.0. The van der Waals surface area contributed by atoms with Gasteiger partial charge in [-0.05, 0) is 36.5 Å². The summed E-state index contributed by atoms with van der Waals surface area (Å²) >= 11 is 0. The van der Waals surface area contributed by atoms with Crippen LogP contribution in [0.25, 0.3) is 0 Å². The van der Waals surface area contributed by atoms with Gasteiger partial charge in [0.25, 0.3) is 0 Å². The molecule has 0 unspecified atom stereocenters. The van der Waals surface area contributed by atoms with Crippen molar-refractivity contribution in [2.75, 3.05) is 25.4 Å². The Labute approximate surface area is 152 Å². The Hall–Kier alpha value is -0.970. The van der Waals surface area contributed by atoms with E-state index in [4.69, 9.17) is 5.73 Å². The van der Waals surface area contributed by atoms with Crippen LogP contribution in [0.5, 0.6) is 0 Å². The number of hydrogen-bond donors (Lipinski definition) is 2. The molecule has 0 radical (unpaired) electrons. The maximum atomic E-state index is 12.1. The number of carbonyl (C=O) groups excluding carboxylic acids is 1. The molecular formula is C17H29Cl2N3O. The van der Waals surface area contributed by atoms with Gasteiger partial charge in [0.1, 0.15) is 0 Å². The molecule has 0 atom stereocenters. The van der Waals surface area contributed by atoms with Gasteiger partial charge < -0.3 is 16.0 Å². The lowest BCUT2D eigenvalue weighted by atomic mass is 10.0. The van der Waals surface area contributed by atoms with E-state index in [1.54, 1.807) is 0 Å². The van der Waals surface area contributed by atoms with Gasteiger partial charge in [-0.25, -0.2) is 0 Å². The number of nitrogens with two attached hydrogens (primary N) is 1. The van der Waals surface area contributed by atoms with Gasteiger partial charge in [-0.15, -0.1) is 24.8 Å². The normalized spacial score (nSPS) is 15.6. The fourth-order valence-corrected chi connectivity index (χ4v) is 2.88. The fraction of sp³-hybridized carbons (Fsp3) is 0.588. The van der Waals surface area contributed by atoms with E-state index in [2.05, 4.69) is 24.1 Å². The van der Waals surface area contributed by atoms with Crippen molar-refractivity contribution in [1.82, 2.24) is 10.2 Å². The van der Waals surface area contributed by atoms with Gasteiger partial charge in [0.2, 0.25) is 5.91 Å². The van der Waals surface area contributed by atoms with Gasteiger partial charge >= 0.3 is 0 Å². The fourth-order valence-electron chi connectivity index (χ4n) is 2.88. The maximum absolute atomic E-state index is 12.1. The molecular weight excluding hydrogens is 333 g/mol. The largest absolute Gasteiger partial charge is 0.399 e. The summed E-state index contributed by atoms with van der Waals surface area (Å²) < 4.78 is 0. The number of halogens is 2. The predicted octanol–water partition coefficient (Wildman–Crippen LogP) is 2.89. The van der Waals surface area contributed by atoms with E-state index in [1.807, 2.05) is 24.3 Å². The van der Waals surface area contributed by atoms with Crippen molar-refractivity contribution >= 4 is 36.4 Å². The zero-order valence-corrected chi connectivity index (χ0v) is 15.6. The number of piperidine rings is 1. The Morgan fingerprint density at radius 3 is 2.30 bits per heavy atom. The molecule has 0 aromatic heterocycles. The molecule has 23 heavy (non-hydrogen) atoms. The Bertz CT molecular complexity index is 457. The SMILES string of the molecule is CC(C)CN1CCC(NC(=O)Cc2ccc(N)cc2)CC1.Cl.Cl. The minimum atomic E-state index is 0. The van der Waals surface area contributed by atoms with Crippen molar-refractivity contribution < 1.29 is 4.79 Å². The van der Waals surface area contributed by atoms with E-state index >= 15 is 0 Å². The van der Waals surface area contributed by atoms with Crippen LogP contribution in [-0.4, -0.2) is 36.5 Å². The van der Waals surface area contributed by atoms with E-state index in [0.717, 1.165) is 43.7 Å². The number of nitrogens with zero attached hydrogens (tertiary/aromatic N) is 1. The summed E-state index contributed by atoms with van der Waals surface area (Å²) in [4.78, 5) is 14.6. The number of likely N-dealkylation sites (tertiary alicyclic amines) is 1. The van der Waals surface area contributed by atoms with Crippen LogP contribution < -0.4 is 11.1 Å². The van der Waals surface area contributed by atoms with E-state index in [1.165, 1.54) is 0 Å². The van der Waals surface area contributed by atoms with Gasteiger partial charge in [0.15, 0.2) is 0 Å². The highest BCUT2D eigenvalue weighted by molar-refractivity contribution is 5.85. The first-order valence-corrected chi connectivity index (χ1v) is 7.89. The van der Waals surface area contributed by atoms with Gasteiger partial charge in [-0.1, -0.05) is 26.0 Å². The molecule has 3 N–H and O–H groups in total. The molecule has 1 heterocycles. The predicted molar refractivity (Wildman–Crippen MR) is 101 cm³/mol. The van der Waals surface area contributed by atoms with E-state index in [0.29, 0.717) is 18.4 Å². The minimum Gasteiger partial charge on any atom is -0.399 e. The second-order valence-electron chi connectivity index (χ2n) is 6.45. The number of amides is 1. The highest BCUT2D eigenvalue weighted by Gasteiger charge is 2.20. The number of benzene rings is 1. The number of rotatable bonds is 5. The second kappa shape index (κ2) is 10.7. The summed E-state index contributed by atoms with van der Waals surface area (Å²) in [6, 6.07) is 7.84. The van der Waals surface area contributed by atoms with Crippen LogP contribution in [0.1, 0.15) is 32.3 Å². The monoisotopic (exact) mass is 361 g/mol. The number of anilines is 1. The van der Waals surface area contributed by atoms with Crippen molar-refractivity contribution in [3.63, 3.8) is 0 Å². The average Bonchev–Trinajstić information content (AvgIpc) is 2.43. The van der Waals surface area contributed by atoms with Crippen LogP contribution >= 0.6 is 24.8 Å². The standard InChI is InChI=1S/C17H27N3O.2ClH/c1-13(2)12-20-9-7-16(8-10-20)19-17(21)11-14-3-5-15(18)6-4-14;;/h3-6,13,16H,7-12,18H2,1-2H3,(H,19,21);2*1H. The van der Waals surface area contributed by atoms with Crippen molar-refractivity contribution in [1.29, 1.82) is 0 Å². The van der Waals surface area contributed by atoms with Gasteiger partial charge in [-0.2, -0.15) is 0 Å². The first kappa shape index (κ1) is 22.0. The average molecular weight is 362 g/mol. The Morgan fingerprint density at radius 1 is 1.22 bits per heavy atom. The summed E-state index contributed by atoms with van der Waals surface area (Å²) in [7, 11) is 0. The van der Waals surface area contributed by atoms with Crippen LogP contribution in [0, 0.1) is 5.92 Å².